The highest BCUT2D eigenvalue weighted by molar-refractivity contribution is 7.92. The molecule has 0 aliphatic heterocycles. The van der Waals surface area contributed by atoms with Crippen LogP contribution in [0.1, 0.15) is 37.0 Å². The molecule has 3 aromatic rings. The van der Waals surface area contributed by atoms with E-state index in [4.69, 9.17) is 23.2 Å². The Kier molecular flexibility index (Phi) is 10.4. The molecule has 0 saturated carbocycles. The molecule has 2 amide bonds. The van der Waals surface area contributed by atoms with Crippen molar-refractivity contribution in [2.75, 3.05) is 17.4 Å². The average Bonchev–Trinajstić information content (AvgIpc) is 2.91. The van der Waals surface area contributed by atoms with Crippen LogP contribution in [0.25, 0.3) is 0 Å². The number of carbonyl (C=O) groups is 2. The number of rotatable bonds is 11. The first-order chi connectivity index (χ1) is 18.5. The lowest BCUT2D eigenvalue weighted by atomic mass is 10.1. The molecule has 0 spiro atoms. The van der Waals surface area contributed by atoms with Gasteiger partial charge in [-0.25, -0.2) is 8.42 Å². The molecule has 7 nitrogen and oxygen atoms in total. The van der Waals surface area contributed by atoms with Crippen molar-refractivity contribution in [3.05, 3.63) is 93.5 Å². The summed E-state index contributed by atoms with van der Waals surface area (Å²) in [7, 11) is -4.13. The summed E-state index contributed by atoms with van der Waals surface area (Å²) in [5.74, 6) is -0.945. The molecule has 3 rings (SSSR count). The number of hydrogen-bond acceptors (Lipinski definition) is 4. The van der Waals surface area contributed by atoms with E-state index in [9.17, 15) is 18.0 Å². The molecular formula is C29H33Cl2N3O4S. The minimum atomic E-state index is -4.13. The maximum atomic E-state index is 14.0. The number of anilines is 1. The van der Waals surface area contributed by atoms with Gasteiger partial charge in [-0.05, 0) is 74.7 Å². The van der Waals surface area contributed by atoms with Gasteiger partial charge in [0, 0.05) is 28.7 Å². The number of halogens is 2. The fourth-order valence-electron chi connectivity index (χ4n) is 3.96. The largest absolute Gasteiger partial charge is 0.354 e. The van der Waals surface area contributed by atoms with E-state index in [2.05, 4.69) is 5.32 Å². The first kappa shape index (κ1) is 30.5. The van der Waals surface area contributed by atoms with E-state index in [0.717, 1.165) is 21.9 Å². The Morgan fingerprint density at radius 1 is 0.923 bits per heavy atom. The Balaban J connectivity index is 2.07. The van der Waals surface area contributed by atoms with Crippen molar-refractivity contribution < 1.29 is 18.0 Å². The van der Waals surface area contributed by atoms with Crippen LogP contribution in [0.15, 0.2) is 71.6 Å². The second kappa shape index (κ2) is 13.3. The summed E-state index contributed by atoms with van der Waals surface area (Å²) < 4.78 is 28.7. The molecule has 39 heavy (non-hydrogen) atoms. The summed E-state index contributed by atoms with van der Waals surface area (Å²) in [6.45, 7) is 7.14. The molecule has 0 aromatic heterocycles. The van der Waals surface area contributed by atoms with Crippen LogP contribution < -0.4 is 9.62 Å². The Morgan fingerprint density at radius 2 is 1.56 bits per heavy atom. The SMILES string of the molecule is CCCNC(=O)[C@@H](C)N(Cc1c(Cl)cccc1Cl)C(=O)CN(c1ccc(C)c(C)c1)S(=O)(=O)c1ccccc1. The van der Waals surface area contributed by atoms with E-state index in [-0.39, 0.29) is 17.3 Å². The second-order valence-corrected chi connectivity index (χ2v) is 12.0. The van der Waals surface area contributed by atoms with Crippen molar-refractivity contribution in [1.29, 1.82) is 0 Å². The lowest BCUT2D eigenvalue weighted by Gasteiger charge is -2.32. The summed E-state index contributed by atoms with van der Waals surface area (Å²) in [6.07, 6.45) is 0.721. The molecule has 10 heteroatoms. The van der Waals surface area contributed by atoms with Crippen LogP contribution in [0.2, 0.25) is 10.0 Å². The third kappa shape index (κ3) is 7.32. The third-order valence-corrected chi connectivity index (χ3v) is 8.99. The van der Waals surface area contributed by atoms with Gasteiger partial charge in [-0.15, -0.1) is 0 Å². The molecule has 208 valence electrons. The predicted molar refractivity (Wildman–Crippen MR) is 157 cm³/mol. The van der Waals surface area contributed by atoms with Crippen LogP contribution >= 0.6 is 23.2 Å². The van der Waals surface area contributed by atoms with Gasteiger partial charge in [-0.3, -0.25) is 13.9 Å². The molecule has 0 aliphatic rings. The van der Waals surface area contributed by atoms with Crippen molar-refractivity contribution in [3.63, 3.8) is 0 Å². The topological polar surface area (TPSA) is 86.8 Å². The standard InChI is InChI=1S/C29H33Cl2N3O4S/c1-5-16-32-29(36)22(4)33(18-25-26(30)12-9-13-27(25)31)28(35)19-34(23-15-14-20(2)21(3)17-23)39(37,38)24-10-7-6-8-11-24/h6-15,17,22H,5,16,18-19H2,1-4H3,(H,32,36)/t22-/m1/s1. The minimum absolute atomic E-state index is 0.0467. The number of hydrogen-bond donors (Lipinski definition) is 1. The fourth-order valence-corrected chi connectivity index (χ4v) is 5.91. The highest BCUT2D eigenvalue weighted by Gasteiger charge is 2.33. The smallest absolute Gasteiger partial charge is 0.264 e. The van der Waals surface area contributed by atoms with E-state index >= 15 is 0 Å². The van der Waals surface area contributed by atoms with Gasteiger partial charge < -0.3 is 10.2 Å². The summed E-state index contributed by atoms with van der Waals surface area (Å²) in [5.41, 5.74) is 2.67. The summed E-state index contributed by atoms with van der Waals surface area (Å²) in [6, 6.07) is 17.2. The second-order valence-electron chi connectivity index (χ2n) is 9.28. The van der Waals surface area contributed by atoms with E-state index in [1.54, 1.807) is 55.5 Å². The molecule has 0 aliphatic carbocycles. The van der Waals surface area contributed by atoms with Crippen LogP contribution in [0.5, 0.6) is 0 Å². The Hall–Kier alpha value is -3.07. The van der Waals surface area contributed by atoms with Crippen LogP contribution in [0.4, 0.5) is 5.69 Å². The van der Waals surface area contributed by atoms with Crippen molar-refractivity contribution in [2.45, 2.75) is 51.6 Å². The number of sulfonamides is 1. The number of amides is 2. The van der Waals surface area contributed by atoms with E-state index in [1.807, 2.05) is 26.8 Å². The third-order valence-electron chi connectivity index (χ3n) is 6.50. The molecule has 1 N–H and O–H groups in total. The number of benzene rings is 3. The predicted octanol–water partition coefficient (Wildman–Crippen LogP) is 5.75. The number of nitrogens with zero attached hydrogens (tertiary/aromatic N) is 2. The first-order valence-corrected chi connectivity index (χ1v) is 14.8. The van der Waals surface area contributed by atoms with Gasteiger partial charge in [0.25, 0.3) is 10.0 Å². The molecule has 0 bridgehead atoms. The van der Waals surface area contributed by atoms with Gasteiger partial charge in [-0.2, -0.15) is 0 Å². The van der Waals surface area contributed by atoms with Crippen molar-refractivity contribution in [1.82, 2.24) is 10.2 Å². The molecule has 0 fully saturated rings. The summed E-state index contributed by atoms with van der Waals surface area (Å²) in [4.78, 5) is 28.3. The van der Waals surface area contributed by atoms with E-state index in [0.29, 0.717) is 27.8 Å². The summed E-state index contributed by atoms with van der Waals surface area (Å²) in [5, 5.41) is 3.48. The van der Waals surface area contributed by atoms with Crippen molar-refractivity contribution in [3.8, 4) is 0 Å². The van der Waals surface area contributed by atoms with Gasteiger partial charge in [0.1, 0.15) is 12.6 Å². The van der Waals surface area contributed by atoms with Gasteiger partial charge >= 0.3 is 0 Å². The highest BCUT2D eigenvalue weighted by Crippen LogP contribution is 2.29. The van der Waals surface area contributed by atoms with E-state index < -0.39 is 28.5 Å². The van der Waals surface area contributed by atoms with Crippen LogP contribution in [-0.4, -0.2) is 44.3 Å². The minimum Gasteiger partial charge on any atom is -0.354 e. The molecule has 3 aromatic carbocycles. The zero-order chi connectivity index (χ0) is 28.7. The van der Waals surface area contributed by atoms with Crippen molar-refractivity contribution >= 4 is 50.7 Å². The molecule has 1 atom stereocenters. The Labute approximate surface area is 240 Å². The Bertz CT molecular complexity index is 1410. The van der Waals surface area contributed by atoms with Crippen LogP contribution in [0, 0.1) is 13.8 Å². The number of aryl methyl sites for hydroxylation is 2. The lowest BCUT2D eigenvalue weighted by molar-refractivity contribution is -0.139. The fraction of sp³-hybridized carbons (Fsp3) is 0.310. The highest BCUT2D eigenvalue weighted by atomic mass is 35.5. The number of nitrogens with one attached hydrogen (secondary N) is 1. The first-order valence-electron chi connectivity index (χ1n) is 12.6. The van der Waals surface area contributed by atoms with E-state index in [1.165, 1.54) is 17.0 Å². The van der Waals surface area contributed by atoms with Crippen LogP contribution in [-0.2, 0) is 26.2 Å². The maximum absolute atomic E-state index is 14.0. The van der Waals surface area contributed by atoms with Gasteiger partial charge in [0.2, 0.25) is 11.8 Å². The molecule has 0 unspecified atom stereocenters. The van der Waals surface area contributed by atoms with Gasteiger partial charge in [0.15, 0.2) is 0 Å². The number of carbonyl (C=O) groups excluding carboxylic acids is 2. The quantitative estimate of drug-likeness (QED) is 0.308. The molecule has 0 saturated heterocycles. The molecular weight excluding hydrogens is 557 g/mol. The Morgan fingerprint density at radius 3 is 2.15 bits per heavy atom. The maximum Gasteiger partial charge on any atom is 0.264 e. The normalized spacial score (nSPS) is 12.1. The van der Waals surface area contributed by atoms with Gasteiger partial charge in [0.05, 0.1) is 10.6 Å². The molecule has 0 radical (unpaired) electrons. The monoisotopic (exact) mass is 589 g/mol. The summed E-state index contributed by atoms with van der Waals surface area (Å²) >= 11 is 12.8. The van der Waals surface area contributed by atoms with Gasteiger partial charge in [-0.1, -0.05) is 60.5 Å². The van der Waals surface area contributed by atoms with Crippen molar-refractivity contribution in [2.24, 2.45) is 0 Å². The zero-order valence-corrected chi connectivity index (χ0v) is 24.8. The van der Waals surface area contributed by atoms with Crippen LogP contribution in [0.3, 0.4) is 0 Å². The molecule has 0 heterocycles. The average molecular weight is 591 g/mol. The lowest BCUT2D eigenvalue weighted by Crippen LogP contribution is -2.51. The zero-order valence-electron chi connectivity index (χ0n) is 22.4.